The van der Waals surface area contributed by atoms with Gasteiger partial charge in [0.15, 0.2) is 6.10 Å². The van der Waals surface area contributed by atoms with E-state index in [4.69, 9.17) is 16.3 Å². The third kappa shape index (κ3) is 4.12. The van der Waals surface area contributed by atoms with Gasteiger partial charge in [-0.2, -0.15) is 0 Å². The molecule has 26 heavy (non-hydrogen) atoms. The Balaban J connectivity index is 1.58. The molecule has 8 heteroatoms. The first-order chi connectivity index (χ1) is 12.4. The summed E-state index contributed by atoms with van der Waals surface area (Å²) in [7, 11) is 0. The SMILES string of the molecule is C[C@H]1Oc2ccc(NC(=O)CNC(=O)c3cccc(Cl)c3)cc2NC1=O. The molecule has 2 aromatic carbocycles. The Morgan fingerprint density at radius 1 is 1.23 bits per heavy atom. The average molecular weight is 374 g/mol. The van der Waals surface area contributed by atoms with Crippen molar-refractivity contribution in [3.8, 4) is 5.75 Å². The fourth-order valence-electron chi connectivity index (χ4n) is 2.38. The molecule has 0 saturated carbocycles. The number of carbonyl (C=O) groups excluding carboxylic acids is 3. The van der Waals surface area contributed by atoms with Crippen molar-refractivity contribution in [3.63, 3.8) is 0 Å². The number of hydrogen-bond acceptors (Lipinski definition) is 4. The zero-order chi connectivity index (χ0) is 18.7. The van der Waals surface area contributed by atoms with Crippen LogP contribution in [0.1, 0.15) is 17.3 Å². The van der Waals surface area contributed by atoms with Gasteiger partial charge in [-0.3, -0.25) is 14.4 Å². The Morgan fingerprint density at radius 2 is 2.04 bits per heavy atom. The molecule has 0 unspecified atom stereocenters. The Bertz CT molecular complexity index is 884. The number of benzene rings is 2. The van der Waals surface area contributed by atoms with Gasteiger partial charge < -0.3 is 20.7 Å². The van der Waals surface area contributed by atoms with Crippen LogP contribution in [-0.4, -0.2) is 30.4 Å². The monoisotopic (exact) mass is 373 g/mol. The van der Waals surface area contributed by atoms with Crippen LogP contribution in [0.25, 0.3) is 0 Å². The second-order valence-corrected chi connectivity index (χ2v) is 6.14. The molecule has 0 saturated heterocycles. The molecule has 3 rings (SSSR count). The standard InChI is InChI=1S/C18H16ClN3O4/c1-10-17(24)22-14-8-13(5-6-15(14)26-10)21-16(23)9-20-18(25)11-3-2-4-12(19)7-11/h2-8,10H,9H2,1H3,(H,20,25)(H,21,23)(H,22,24)/t10-/m1/s1. The minimum absolute atomic E-state index is 0.206. The van der Waals surface area contributed by atoms with Gasteiger partial charge in [-0.05, 0) is 43.3 Å². The van der Waals surface area contributed by atoms with Crippen LogP contribution in [0.3, 0.4) is 0 Å². The third-order valence-corrected chi connectivity index (χ3v) is 3.93. The Hall–Kier alpha value is -3.06. The minimum atomic E-state index is -0.565. The van der Waals surface area contributed by atoms with Crippen molar-refractivity contribution in [2.24, 2.45) is 0 Å². The van der Waals surface area contributed by atoms with Gasteiger partial charge in [0.05, 0.1) is 12.2 Å². The fraction of sp³-hybridized carbons (Fsp3) is 0.167. The number of fused-ring (bicyclic) bond motifs is 1. The van der Waals surface area contributed by atoms with Crippen molar-refractivity contribution in [2.75, 3.05) is 17.2 Å². The molecule has 0 bridgehead atoms. The maximum absolute atomic E-state index is 12.0. The van der Waals surface area contributed by atoms with Gasteiger partial charge in [-0.15, -0.1) is 0 Å². The first-order valence-corrected chi connectivity index (χ1v) is 8.25. The topological polar surface area (TPSA) is 96.5 Å². The van der Waals surface area contributed by atoms with E-state index in [2.05, 4.69) is 16.0 Å². The molecule has 0 fully saturated rings. The van der Waals surface area contributed by atoms with E-state index in [1.165, 1.54) is 6.07 Å². The highest BCUT2D eigenvalue weighted by molar-refractivity contribution is 6.31. The molecular formula is C18H16ClN3O4. The fourth-order valence-corrected chi connectivity index (χ4v) is 2.57. The van der Waals surface area contributed by atoms with E-state index in [0.29, 0.717) is 27.7 Å². The summed E-state index contributed by atoms with van der Waals surface area (Å²) >= 11 is 5.84. The van der Waals surface area contributed by atoms with E-state index in [1.54, 1.807) is 43.3 Å². The Labute approximate surface area is 154 Å². The van der Waals surface area contributed by atoms with Crippen LogP contribution in [0.15, 0.2) is 42.5 Å². The summed E-state index contributed by atoms with van der Waals surface area (Å²) in [6.45, 7) is 1.44. The van der Waals surface area contributed by atoms with E-state index < -0.39 is 17.9 Å². The molecule has 3 amide bonds. The normalized spacial score (nSPS) is 15.3. The molecule has 1 aliphatic heterocycles. The molecule has 1 aliphatic rings. The molecule has 7 nitrogen and oxygen atoms in total. The third-order valence-electron chi connectivity index (χ3n) is 3.69. The summed E-state index contributed by atoms with van der Waals surface area (Å²) < 4.78 is 5.45. The number of ether oxygens (including phenoxy) is 1. The summed E-state index contributed by atoms with van der Waals surface area (Å²) in [5, 5.41) is 8.31. The Kier molecular flexibility index (Phi) is 5.09. The van der Waals surface area contributed by atoms with Crippen molar-refractivity contribution in [3.05, 3.63) is 53.1 Å². The molecule has 2 aromatic rings. The number of carbonyl (C=O) groups is 3. The van der Waals surface area contributed by atoms with Crippen LogP contribution < -0.4 is 20.7 Å². The van der Waals surface area contributed by atoms with Crippen molar-refractivity contribution in [2.45, 2.75) is 13.0 Å². The van der Waals surface area contributed by atoms with Gasteiger partial charge in [0.2, 0.25) is 5.91 Å². The van der Waals surface area contributed by atoms with E-state index >= 15 is 0 Å². The first kappa shape index (κ1) is 17.8. The van der Waals surface area contributed by atoms with Crippen molar-refractivity contribution >= 4 is 40.7 Å². The van der Waals surface area contributed by atoms with E-state index in [-0.39, 0.29) is 12.5 Å². The number of hydrogen-bond donors (Lipinski definition) is 3. The predicted octanol–water partition coefficient (Wildman–Crippen LogP) is 2.43. The maximum atomic E-state index is 12.0. The lowest BCUT2D eigenvalue weighted by Gasteiger charge is -2.23. The first-order valence-electron chi connectivity index (χ1n) is 7.87. The lowest BCUT2D eigenvalue weighted by atomic mass is 10.2. The van der Waals surface area contributed by atoms with Crippen LogP contribution in [0, 0.1) is 0 Å². The zero-order valence-electron chi connectivity index (χ0n) is 13.8. The minimum Gasteiger partial charge on any atom is -0.479 e. The number of rotatable bonds is 4. The van der Waals surface area contributed by atoms with E-state index in [1.807, 2.05) is 0 Å². The molecule has 0 aliphatic carbocycles. The largest absolute Gasteiger partial charge is 0.479 e. The molecule has 0 spiro atoms. The van der Waals surface area contributed by atoms with Crippen LogP contribution in [0.4, 0.5) is 11.4 Å². The maximum Gasteiger partial charge on any atom is 0.265 e. The smallest absolute Gasteiger partial charge is 0.265 e. The van der Waals surface area contributed by atoms with Gasteiger partial charge in [-0.1, -0.05) is 17.7 Å². The lowest BCUT2D eigenvalue weighted by molar-refractivity contribution is -0.122. The summed E-state index contributed by atoms with van der Waals surface area (Å²) in [5.41, 5.74) is 1.33. The average Bonchev–Trinajstić information content (AvgIpc) is 2.61. The van der Waals surface area contributed by atoms with Crippen LogP contribution in [-0.2, 0) is 9.59 Å². The molecule has 0 radical (unpaired) electrons. The molecular weight excluding hydrogens is 358 g/mol. The predicted molar refractivity (Wildman–Crippen MR) is 97.6 cm³/mol. The molecule has 134 valence electrons. The highest BCUT2D eigenvalue weighted by Gasteiger charge is 2.23. The van der Waals surface area contributed by atoms with Gasteiger partial charge in [0.25, 0.3) is 11.8 Å². The van der Waals surface area contributed by atoms with Crippen LogP contribution >= 0.6 is 11.6 Å². The van der Waals surface area contributed by atoms with Gasteiger partial charge in [0, 0.05) is 16.3 Å². The number of nitrogens with one attached hydrogen (secondary N) is 3. The summed E-state index contributed by atoms with van der Waals surface area (Å²) in [5.74, 6) is -0.529. The Morgan fingerprint density at radius 3 is 2.81 bits per heavy atom. The second kappa shape index (κ2) is 7.45. The molecule has 0 aromatic heterocycles. The number of amides is 3. The summed E-state index contributed by atoms with van der Waals surface area (Å²) in [6, 6.07) is 11.3. The van der Waals surface area contributed by atoms with Crippen molar-refractivity contribution < 1.29 is 19.1 Å². The van der Waals surface area contributed by atoms with Crippen molar-refractivity contribution in [1.29, 1.82) is 0 Å². The van der Waals surface area contributed by atoms with E-state index in [0.717, 1.165) is 0 Å². The van der Waals surface area contributed by atoms with Gasteiger partial charge in [-0.25, -0.2) is 0 Å². The van der Waals surface area contributed by atoms with E-state index in [9.17, 15) is 14.4 Å². The highest BCUT2D eigenvalue weighted by Crippen LogP contribution is 2.32. The second-order valence-electron chi connectivity index (χ2n) is 5.70. The molecule has 1 atom stereocenters. The number of anilines is 2. The van der Waals surface area contributed by atoms with Crippen molar-refractivity contribution in [1.82, 2.24) is 5.32 Å². The zero-order valence-corrected chi connectivity index (χ0v) is 14.6. The highest BCUT2D eigenvalue weighted by atomic mass is 35.5. The van der Waals surface area contributed by atoms with Gasteiger partial charge in [0.1, 0.15) is 5.75 Å². The lowest BCUT2D eigenvalue weighted by Crippen LogP contribution is -2.34. The quantitative estimate of drug-likeness (QED) is 0.766. The van der Waals surface area contributed by atoms with Gasteiger partial charge >= 0.3 is 0 Å². The summed E-state index contributed by atoms with van der Waals surface area (Å²) in [6.07, 6.45) is -0.565. The summed E-state index contributed by atoms with van der Waals surface area (Å²) in [4.78, 5) is 35.7. The molecule has 3 N–H and O–H groups in total. The van der Waals surface area contributed by atoms with Crippen LogP contribution in [0.2, 0.25) is 5.02 Å². The van der Waals surface area contributed by atoms with Crippen LogP contribution in [0.5, 0.6) is 5.75 Å². The number of halogens is 1. The molecule has 1 heterocycles.